The third kappa shape index (κ3) is 5.29. The molecule has 5 rings (SSSR count). The number of hydrogen-bond donors (Lipinski definition) is 2. The second kappa shape index (κ2) is 10.8. The number of amides is 1. The van der Waals surface area contributed by atoms with Crippen molar-refractivity contribution in [2.24, 2.45) is 22.7 Å². The van der Waals surface area contributed by atoms with Crippen molar-refractivity contribution >= 4 is 5.91 Å². The van der Waals surface area contributed by atoms with Gasteiger partial charge in [-0.1, -0.05) is 56.3 Å². The molecular formula is C31H41NO5. The van der Waals surface area contributed by atoms with Crippen molar-refractivity contribution in [3.05, 3.63) is 65.7 Å². The van der Waals surface area contributed by atoms with Gasteiger partial charge in [0, 0.05) is 24.8 Å². The van der Waals surface area contributed by atoms with E-state index >= 15 is 0 Å². The SMILES string of the molecule is COc1ccc(CNC(=O)C[C@@H]2[C@H](O)CC[C@H]3[C@@]2(C)CC[C@H]2O[C@H](Cc4ccccc4)OC[C@]32C)cc1. The van der Waals surface area contributed by atoms with Gasteiger partial charge in [0.05, 0.1) is 25.9 Å². The van der Waals surface area contributed by atoms with Gasteiger partial charge in [-0.2, -0.15) is 0 Å². The van der Waals surface area contributed by atoms with Gasteiger partial charge >= 0.3 is 0 Å². The molecule has 6 heteroatoms. The lowest BCUT2D eigenvalue weighted by atomic mass is 9.46. The molecule has 0 aromatic heterocycles. The number of carbonyl (C=O) groups is 1. The van der Waals surface area contributed by atoms with Crippen molar-refractivity contribution in [3.8, 4) is 5.75 Å². The Hall–Kier alpha value is -2.41. The molecule has 3 fully saturated rings. The average molecular weight is 508 g/mol. The van der Waals surface area contributed by atoms with E-state index in [-0.39, 0.29) is 35.0 Å². The van der Waals surface area contributed by atoms with Crippen molar-refractivity contribution in [1.82, 2.24) is 5.32 Å². The van der Waals surface area contributed by atoms with E-state index in [1.807, 2.05) is 30.3 Å². The summed E-state index contributed by atoms with van der Waals surface area (Å²) in [5.41, 5.74) is 1.98. The van der Waals surface area contributed by atoms with E-state index in [1.165, 1.54) is 5.56 Å². The van der Waals surface area contributed by atoms with Crippen LogP contribution in [0.25, 0.3) is 0 Å². The highest BCUT2D eigenvalue weighted by Crippen LogP contribution is 2.62. The van der Waals surface area contributed by atoms with Crippen molar-refractivity contribution in [2.45, 2.75) is 77.4 Å². The first kappa shape index (κ1) is 26.2. The zero-order valence-electron chi connectivity index (χ0n) is 22.3. The number of carbonyl (C=O) groups excluding carboxylic acids is 1. The first-order valence-corrected chi connectivity index (χ1v) is 13.7. The van der Waals surface area contributed by atoms with Gasteiger partial charge in [-0.25, -0.2) is 0 Å². The fourth-order valence-electron chi connectivity index (χ4n) is 7.42. The van der Waals surface area contributed by atoms with E-state index in [2.05, 4.69) is 43.4 Å². The van der Waals surface area contributed by atoms with Crippen LogP contribution in [0.15, 0.2) is 54.6 Å². The number of hydrogen-bond acceptors (Lipinski definition) is 5. The second-order valence-corrected chi connectivity index (χ2v) is 11.7. The summed E-state index contributed by atoms with van der Waals surface area (Å²) >= 11 is 0. The minimum Gasteiger partial charge on any atom is -0.497 e. The van der Waals surface area contributed by atoms with Gasteiger partial charge < -0.3 is 24.6 Å². The molecule has 2 aliphatic carbocycles. The van der Waals surface area contributed by atoms with E-state index in [4.69, 9.17) is 14.2 Å². The van der Waals surface area contributed by atoms with Crippen LogP contribution in [-0.2, 0) is 27.2 Å². The van der Waals surface area contributed by atoms with Crippen LogP contribution in [-0.4, -0.2) is 43.2 Å². The predicted molar refractivity (Wildman–Crippen MR) is 142 cm³/mol. The molecule has 2 aromatic rings. The molecule has 6 nitrogen and oxygen atoms in total. The average Bonchev–Trinajstić information content (AvgIpc) is 2.90. The highest BCUT2D eigenvalue weighted by Gasteiger charge is 2.61. The summed E-state index contributed by atoms with van der Waals surface area (Å²) in [6.07, 6.45) is 4.06. The molecule has 2 aromatic carbocycles. The van der Waals surface area contributed by atoms with E-state index in [1.54, 1.807) is 7.11 Å². The van der Waals surface area contributed by atoms with Crippen LogP contribution < -0.4 is 10.1 Å². The Balaban J connectivity index is 1.24. The minimum absolute atomic E-state index is 0.00640. The smallest absolute Gasteiger partial charge is 0.220 e. The Morgan fingerprint density at radius 1 is 1.03 bits per heavy atom. The number of benzene rings is 2. The van der Waals surface area contributed by atoms with E-state index in [9.17, 15) is 9.90 Å². The summed E-state index contributed by atoms with van der Waals surface area (Å²) in [5.74, 6) is 1.04. The number of methoxy groups -OCH3 is 1. The largest absolute Gasteiger partial charge is 0.497 e. The van der Waals surface area contributed by atoms with Gasteiger partial charge in [0.25, 0.3) is 0 Å². The lowest BCUT2D eigenvalue weighted by Gasteiger charge is -2.63. The Kier molecular flexibility index (Phi) is 7.62. The van der Waals surface area contributed by atoms with Crippen molar-refractivity contribution in [3.63, 3.8) is 0 Å². The number of ether oxygens (including phenoxy) is 3. The zero-order valence-corrected chi connectivity index (χ0v) is 22.3. The molecule has 0 spiro atoms. The van der Waals surface area contributed by atoms with E-state index in [0.717, 1.165) is 37.0 Å². The standard InChI is InChI=1S/C31H41NO5/c1-30-16-15-27-31(2,20-36-29(37-27)17-21-7-5-4-6-8-21)26(30)14-13-25(33)24(30)18-28(34)32-19-22-9-11-23(35-3)12-10-22/h4-12,24-27,29,33H,13-20H2,1-3H3,(H,32,34)/t24-,25-,26+,27-,29-,30+,31-/m1/s1. The maximum absolute atomic E-state index is 13.1. The highest BCUT2D eigenvalue weighted by atomic mass is 16.7. The Morgan fingerprint density at radius 2 is 1.78 bits per heavy atom. The fourth-order valence-corrected chi connectivity index (χ4v) is 7.42. The van der Waals surface area contributed by atoms with Crippen molar-refractivity contribution < 1.29 is 24.1 Å². The number of rotatable bonds is 7. The maximum Gasteiger partial charge on any atom is 0.220 e. The Morgan fingerprint density at radius 3 is 2.51 bits per heavy atom. The number of nitrogens with one attached hydrogen (secondary N) is 1. The quantitative estimate of drug-likeness (QED) is 0.559. The molecular weight excluding hydrogens is 466 g/mol. The van der Waals surface area contributed by atoms with Crippen LogP contribution in [0.5, 0.6) is 5.75 Å². The van der Waals surface area contributed by atoms with Crippen LogP contribution in [0.1, 0.15) is 57.1 Å². The fraction of sp³-hybridized carbons (Fsp3) is 0.581. The van der Waals surface area contributed by atoms with Gasteiger partial charge in [-0.15, -0.1) is 0 Å². The number of aliphatic hydroxyl groups excluding tert-OH is 1. The molecule has 0 radical (unpaired) electrons. The molecule has 0 bridgehead atoms. The summed E-state index contributed by atoms with van der Waals surface area (Å²) in [4.78, 5) is 13.1. The molecule has 37 heavy (non-hydrogen) atoms. The summed E-state index contributed by atoms with van der Waals surface area (Å²) in [6.45, 7) is 5.72. The molecule has 7 atom stereocenters. The van der Waals surface area contributed by atoms with Crippen molar-refractivity contribution in [2.75, 3.05) is 13.7 Å². The van der Waals surface area contributed by atoms with Gasteiger partial charge in [-0.05, 0) is 66.2 Å². The third-order valence-electron chi connectivity index (χ3n) is 9.53. The summed E-state index contributed by atoms with van der Waals surface area (Å²) in [7, 11) is 1.64. The van der Waals surface area contributed by atoms with Gasteiger partial charge in [0.15, 0.2) is 6.29 Å². The summed E-state index contributed by atoms with van der Waals surface area (Å²) in [6, 6.07) is 18.1. The Labute approximate surface area is 220 Å². The second-order valence-electron chi connectivity index (χ2n) is 11.7. The van der Waals surface area contributed by atoms with Gasteiger partial charge in [0.1, 0.15) is 5.75 Å². The van der Waals surface area contributed by atoms with Crippen LogP contribution in [0.4, 0.5) is 0 Å². The zero-order chi connectivity index (χ0) is 26.0. The van der Waals surface area contributed by atoms with Crippen LogP contribution in [0.2, 0.25) is 0 Å². The normalized spacial score (nSPS) is 35.2. The van der Waals surface area contributed by atoms with Gasteiger partial charge in [-0.3, -0.25) is 4.79 Å². The van der Waals surface area contributed by atoms with Gasteiger partial charge in [0.2, 0.25) is 5.91 Å². The molecule has 200 valence electrons. The van der Waals surface area contributed by atoms with E-state index < -0.39 is 6.10 Å². The summed E-state index contributed by atoms with van der Waals surface area (Å²) in [5, 5.41) is 14.2. The molecule has 1 amide bonds. The summed E-state index contributed by atoms with van der Waals surface area (Å²) < 4.78 is 18.1. The number of aliphatic hydroxyl groups is 1. The topological polar surface area (TPSA) is 77.0 Å². The lowest BCUT2D eigenvalue weighted by molar-refractivity contribution is -0.308. The van der Waals surface area contributed by atoms with Crippen LogP contribution in [0, 0.1) is 22.7 Å². The highest BCUT2D eigenvalue weighted by molar-refractivity contribution is 5.76. The first-order valence-electron chi connectivity index (χ1n) is 13.7. The molecule has 1 aliphatic heterocycles. The predicted octanol–water partition coefficient (Wildman–Crippen LogP) is 4.88. The molecule has 1 heterocycles. The molecule has 0 unspecified atom stereocenters. The third-order valence-corrected chi connectivity index (χ3v) is 9.53. The minimum atomic E-state index is -0.468. The molecule has 2 saturated carbocycles. The number of fused-ring (bicyclic) bond motifs is 3. The van der Waals surface area contributed by atoms with E-state index in [0.29, 0.717) is 31.9 Å². The monoisotopic (exact) mass is 507 g/mol. The van der Waals surface area contributed by atoms with Crippen molar-refractivity contribution in [1.29, 1.82) is 0 Å². The van der Waals surface area contributed by atoms with Crippen LogP contribution in [0.3, 0.4) is 0 Å². The van der Waals surface area contributed by atoms with Crippen LogP contribution >= 0.6 is 0 Å². The lowest BCUT2D eigenvalue weighted by Crippen LogP contribution is -2.63. The Bertz CT molecular complexity index is 1060. The molecule has 3 aliphatic rings. The maximum atomic E-state index is 13.1. The molecule has 2 N–H and O–H groups in total. The first-order chi connectivity index (χ1) is 17.8. The molecule has 1 saturated heterocycles.